The summed E-state index contributed by atoms with van der Waals surface area (Å²) in [6.45, 7) is 7.19. The van der Waals surface area contributed by atoms with Gasteiger partial charge in [0.1, 0.15) is 0 Å². The Morgan fingerprint density at radius 2 is 2.50 bits per heavy atom. The average molecular weight is 134 g/mol. The molecule has 0 aromatic carbocycles. The first-order valence-corrected chi connectivity index (χ1v) is 3.28. The van der Waals surface area contributed by atoms with Gasteiger partial charge >= 0.3 is 0 Å². The van der Waals surface area contributed by atoms with Gasteiger partial charge in [-0.3, -0.25) is 0 Å². The summed E-state index contributed by atoms with van der Waals surface area (Å²) in [6, 6.07) is 4.05. The molecule has 10 heavy (non-hydrogen) atoms. The van der Waals surface area contributed by atoms with Gasteiger partial charge in [0.05, 0.1) is 6.42 Å². The summed E-state index contributed by atoms with van der Waals surface area (Å²) < 4.78 is 2.05. The fourth-order valence-corrected chi connectivity index (χ4v) is 0.927. The summed E-state index contributed by atoms with van der Waals surface area (Å²) in [5, 5.41) is 0. The van der Waals surface area contributed by atoms with E-state index in [1.54, 1.807) is 0 Å². The highest BCUT2D eigenvalue weighted by molar-refractivity contribution is 5.07. The lowest BCUT2D eigenvalue weighted by molar-refractivity contribution is 0.829. The Morgan fingerprint density at radius 3 is 3.00 bits per heavy atom. The fraction of sp³-hybridized carbons (Fsp3) is 0.375. The molecule has 0 unspecified atom stereocenters. The lowest BCUT2D eigenvalue weighted by Crippen LogP contribution is -1.95. The Kier molecular flexibility index (Phi) is 2.11. The Balaban J connectivity index is 2.59. The van der Waals surface area contributed by atoms with Crippen molar-refractivity contribution in [2.75, 3.05) is 6.54 Å². The fourth-order valence-electron chi connectivity index (χ4n) is 0.927. The molecule has 0 aliphatic heterocycles. The normalized spacial score (nSPS) is 9.20. The van der Waals surface area contributed by atoms with Crippen LogP contribution in [0.2, 0.25) is 0 Å². The summed E-state index contributed by atoms with van der Waals surface area (Å²) in [4.78, 5) is 3.29. The van der Waals surface area contributed by atoms with Crippen molar-refractivity contribution in [3.8, 4) is 0 Å². The van der Waals surface area contributed by atoms with E-state index in [-0.39, 0.29) is 0 Å². The minimum atomic E-state index is 0.595. The van der Waals surface area contributed by atoms with Crippen molar-refractivity contribution in [3.63, 3.8) is 0 Å². The molecule has 2 nitrogen and oxygen atoms in total. The molecule has 1 aromatic rings. The van der Waals surface area contributed by atoms with Crippen LogP contribution in [-0.4, -0.2) is 11.1 Å². The highest BCUT2D eigenvalue weighted by atomic mass is 14.9. The predicted molar refractivity (Wildman–Crippen MR) is 40.6 cm³/mol. The molecule has 0 N–H and O–H groups in total. The zero-order chi connectivity index (χ0) is 7.40. The number of rotatable bonds is 2. The quantitative estimate of drug-likeness (QED) is 0.542. The monoisotopic (exact) mass is 134 g/mol. The molecule has 0 saturated carbocycles. The van der Waals surface area contributed by atoms with Gasteiger partial charge in [-0.1, -0.05) is 0 Å². The maximum absolute atomic E-state index is 6.59. The number of hydrogen-bond acceptors (Lipinski definition) is 0. The van der Waals surface area contributed by atoms with Crippen molar-refractivity contribution in [1.29, 1.82) is 0 Å². The van der Waals surface area contributed by atoms with Gasteiger partial charge in [-0.2, -0.15) is 0 Å². The molecule has 0 radical (unpaired) electrons. The summed E-state index contributed by atoms with van der Waals surface area (Å²) in [5.41, 5.74) is 1.23. The molecule has 0 spiro atoms. The van der Waals surface area contributed by atoms with E-state index in [1.807, 2.05) is 29.9 Å². The zero-order valence-corrected chi connectivity index (χ0v) is 6.04. The van der Waals surface area contributed by atoms with Gasteiger partial charge in [-0.15, -0.1) is 0 Å². The van der Waals surface area contributed by atoms with Crippen molar-refractivity contribution in [2.45, 2.75) is 6.42 Å². The number of aryl methyl sites for hydroxylation is 1. The molecule has 0 aliphatic carbocycles. The van der Waals surface area contributed by atoms with E-state index in [0.717, 1.165) is 6.42 Å². The van der Waals surface area contributed by atoms with E-state index >= 15 is 0 Å². The molecule has 52 valence electrons. The van der Waals surface area contributed by atoms with Gasteiger partial charge in [0.25, 0.3) is 0 Å². The first-order chi connectivity index (χ1) is 4.84. The van der Waals surface area contributed by atoms with Crippen LogP contribution in [0.3, 0.4) is 0 Å². The van der Waals surface area contributed by atoms with Crippen molar-refractivity contribution in [3.05, 3.63) is 35.4 Å². The largest absolute Gasteiger partial charge is 0.354 e. The molecule has 0 atom stereocenters. The molecule has 1 aromatic heterocycles. The van der Waals surface area contributed by atoms with E-state index in [4.69, 9.17) is 6.57 Å². The highest BCUT2D eigenvalue weighted by Gasteiger charge is 1.96. The lowest BCUT2D eigenvalue weighted by atomic mass is 10.3. The molecular formula is C8H10N2. The number of aromatic nitrogens is 1. The second-order valence-electron chi connectivity index (χ2n) is 2.24. The van der Waals surface area contributed by atoms with Gasteiger partial charge < -0.3 is 9.41 Å². The van der Waals surface area contributed by atoms with Crippen molar-refractivity contribution in [1.82, 2.24) is 4.57 Å². The number of hydrogen-bond donors (Lipinski definition) is 0. The smallest absolute Gasteiger partial charge is 0.220 e. The molecule has 1 rings (SSSR count). The predicted octanol–water partition coefficient (Wildman–Crippen LogP) is 1.49. The minimum absolute atomic E-state index is 0.595. The molecule has 0 aliphatic rings. The summed E-state index contributed by atoms with van der Waals surface area (Å²) in [6.07, 6.45) is 2.87. The second kappa shape index (κ2) is 3.07. The summed E-state index contributed by atoms with van der Waals surface area (Å²) in [5.74, 6) is 0. The third-order valence-corrected chi connectivity index (χ3v) is 1.53. The van der Waals surface area contributed by atoms with Crippen LogP contribution in [0.25, 0.3) is 4.85 Å². The second-order valence-corrected chi connectivity index (χ2v) is 2.24. The van der Waals surface area contributed by atoms with Crippen molar-refractivity contribution in [2.24, 2.45) is 7.05 Å². The first kappa shape index (κ1) is 6.88. The van der Waals surface area contributed by atoms with E-state index in [1.165, 1.54) is 5.69 Å². The third kappa shape index (κ3) is 1.38. The standard InChI is InChI=1S/C8H10N2/c1-9-6-5-8-4-3-7-10(8)2/h3-4,7H,5-6H2,2H3. The van der Waals surface area contributed by atoms with Gasteiger partial charge in [0, 0.05) is 18.9 Å². The molecule has 0 amide bonds. The summed E-state index contributed by atoms with van der Waals surface area (Å²) in [7, 11) is 2.00. The van der Waals surface area contributed by atoms with Crippen LogP contribution in [0.1, 0.15) is 5.69 Å². The topological polar surface area (TPSA) is 9.29 Å². The van der Waals surface area contributed by atoms with Crippen LogP contribution in [-0.2, 0) is 13.5 Å². The van der Waals surface area contributed by atoms with E-state index in [0.29, 0.717) is 6.54 Å². The molecule has 0 bridgehead atoms. The number of nitrogens with zero attached hydrogens (tertiary/aromatic N) is 2. The minimum Gasteiger partial charge on any atom is -0.354 e. The molecule has 0 fully saturated rings. The Hall–Kier alpha value is -1.23. The average Bonchev–Trinajstić information content (AvgIpc) is 2.31. The van der Waals surface area contributed by atoms with Crippen LogP contribution in [0, 0.1) is 6.57 Å². The van der Waals surface area contributed by atoms with Gasteiger partial charge in [0.15, 0.2) is 0 Å². The molecule has 0 saturated heterocycles. The third-order valence-electron chi connectivity index (χ3n) is 1.53. The van der Waals surface area contributed by atoms with Gasteiger partial charge in [-0.05, 0) is 12.1 Å². The SMILES string of the molecule is [C-]#[N+]CCc1cccn1C. The first-order valence-electron chi connectivity index (χ1n) is 3.28. The Labute approximate surface area is 60.9 Å². The van der Waals surface area contributed by atoms with Crippen molar-refractivity contribution >= 4 is 0 Å². The zero-order valence-electron chi connectivity index (χ0n) is 6.04. The van der Waals surface area contributed by atoms with Crippen LogP contribution < -0.4 is 0 Å². The summed E-state index contributed by atoms with van der Waals surface area (Å²) >= 11 is 0. The highest BCUT2D eigenvalue weighted by Crippen LogP contribution is 1.99. The maximum atomic E-state index is 6.59. The molecule has 2 heteroatoms. The molecular weight excluding hydrogens is 124 g/mol. The van der Waals surface area contributed by atoms with Crippen molar-refractivity contribution < 1.29 is 0 Å². The van der Waals surface area contributed by atoms with Crippen LogP contribution >= 0.6 is 0 Å². The molecule has 1 heterocycles. The lowest BCUT2D eigenvalue weighted by Gasteiger charge is -1.95. The maximum Gasteiger partial charge on any atom is 0.220 e. The van der Waals surface area contributed by atoms with Crippen LogP contribution in [0.5, 0.6) is 0 Å². The Morgan fingerprint density at radius 1 is 1.70 bits per heavy atom. The van der Waals surface area contributed by atoms with Crippen LogP contribution in [0.15, 0.2) is 18.3 Å². The van der Waals surface area contributed by atoms with E-state index in [9.17, 15) is 0 Å². The van der Waals surface area contributed by atoms with E-state index in [2.05, 4.69) is 4.85 Å². The van der Waals surface area contributed by atoms with Crippen LogP contribution in [0.4, 0.5) is 0 Å². The van der Waals surface area contributed by atoms with E-state index < -0.39 is 0 Å². The van der Waals surface area contributed by atoms with Gasteiger partial charge in [-0.25, -0.2) is 6.57 Å². The Bertz CT molecular complexity index is 242. The van der Waals surface area contributed by atoms with Gasteiger partial charge in [0.2, 0.25) is 6.54 Å².